The molecule has 2 rings (SSSR count). The molecule has 3 N–H and O–H groups in total. The monoisotopic (exact) mass is 668 g/mol. The van der Waals surface area contributed by atoms with Gasteiger partial charge in [-0.2, -0.15) is 21.6 Å². The van der Waals surface area contributed by atoms with Crippen molar-refractivity contribution in [1.82, 2.24) is 10.5 Å². The first-order valence-electron chi connectivity index (χ1n) is 11.6. The molecular weight excluding hydrogens is 646 g/mol. The van der Waals surface area contributed by atoms with E-state index in [9.17, 15) is 45.9 Å². The number of carbonyl (C=O) groups is 4. The van der Waals surface area contributed by atoms with Gasteiger partial charge in [0, 0.05) is 10.0 Å². The van der Waals surface area contributed by atoms with E-state index in [-0.39, 0.29) is 29.2 Å². The van der Waals surface area contributed by atoms with Crippen LogP contribution in [0.1, 0.15) is 11.1 Å². The van der Waals surface area contributed by atoms with Gasteiger partial charge in [0.1, 0.15) is 23.6 Å². The molecule has 232 valence electrons. The first-order chi connectivity index (χ1) is 20.1. The molecule has 0 amide bonds. The third-order valence-electron chi connectivity index (χ3n) is 5.09. The molecule has 0 aliphatic carbocycles. The standard InChI is InChI=1S/C12H11BClF3NO6S.C11H12BClNO4/c1-23-11(20)10(18-13-6-19)5-7-4-8(2-3-9(7)14)24-25(21,22)12(15,16)17;1-18-11(17)10(14-12-6-15)5-7-4-8(16)2-3-9(7)13/h2-4,6,10,18H,5H2,1H3;2-4,6,10,14,16H,5H2,1H3/t2*10-/m00/s1. The molecule has 0 saturated carbocycles. The van der Waals surface area contributed by atoms with Gasteiger partial charge in [0.25, 0.3) is 14.8 Å². The fourth-order valence-corrected chi connectivity index (χ4v) is 3.95. The maximum atomic E-state index is 12.4. The third kappa shape index (κ3) is 12.4. The van der Waals surface area contributed by atoms with E-state index in [1.165, 1.54) is 25.3 Å². The summed E-state index contributed by atoms with van der Waals surface area (Å²) in [4.78, 5) is 43.7. The lowest BCUT2D eigenvalue weighted by Crippen LogP contribution is -2.42. The van der Waals surface area contributed by atoms with Crippen molar-refractivity contribution in [2.24, 2.45) is 0 Å². The Morgan fingerprint density at radius 1 is 0.907 bits per heavy atom. The van der Waals surface area contributed by atoms with Crippen LogP contribution in [0.3, 0.4) is 0 Å². The normalized spacial score (nSPS) is 12.4. The molecule has 2 radical (unpaired) electrons. The quantitative estimate of drug-likeness (QED) is 0.0873. The van der Waals surface area contributed by atoms with E-state index in [0.717, 1.165) is 40.1 Å². The van der Waals surface area contributed by atoms with Crippen molar-refractivity contribution in [3.05, 3.63) is 57.6 Å². The number of ether oxygens (including phenoxy) is 2. The zero-order chi connectivity index (χ0) is 32.8. The van der Waals surface area contributed by atoms with Crippen LogP contribution in [0, 0.1) is 0 Å². The Morgan fingerprint density at radius 3 is 1.77 bits per heavy atom. The zero-order valence-electron chi connectivity index (χ0n) is 22.3. The van der Waals surface area contributed by atoms with Gasteiger partial charge in [-0.25, -0.2) is 0 Å². The molecule has 2 aromatic carbocycles. The second-order valence-electron chi connectivity index (χ2n) is 8.01. The Balaban J connectivity index is 0.000000453. The first-order valence-corrected chi connectivity index (χ1v) is 13.7. The third-order valence-corrected chi connectivity index (χ3v) is 6.80. The lowest BCUT2D eigenvalue weighted by molar-refractivity contribution is -0.143. The number of benzene rings is 2. The second kappa shape index (κ2) is 17.7. The molecule has 0 fully saturated rings. The lowest BCUT2D eigenvalue weighted by Gasteiger charge is -2.16. The number of phenolic OH excluding ortho intramolecular Hbond substituents is 1. The maximum absolute atomic E-state index is 12.4. The first kappa shape index (κ1) is 37.7. The number of alkyl halides is 3. The highest BCUT2D eigenvalue weighted by atomic mass is 35.5. The second-order valence-corrected chi connectivity index (χ2v) is 10.4. The van der Waals surface area contributed by atoms with Crippen molar-refractivity contribution >= 4 is 72.5 Å². The maximum Gasteiger partial charge on any atom is 0.534 e. The Bertz CT molecular complexity index is 1390. The summed E-state index contributed by atoms with van der Waals surface area (Å²) in [5.74, 6) is -1.88. The van der Waals surface area contributed by atoms with Gasteiger partial charge in [-0.05, 0) is 60.4 Å². The predicted octanol–water partition coefficient (Wildman–Crippen LogP) is 1.58. The van der Waals surface area contributed by atoms with Gasteiger partial charge >= 0.3 is 27.6 Å². The van der Waals surface area contributed by atoms with E-state index >= 15 is 0 Å². The summed E-state index contributed by atoms with van der Waals surface area (Å²) in [7, 11) is -1.47. The number of esters is 2. The molecule has 2 atom stereocenters. The van der Waals surface area contributed by atoms with Gasteiger partial charge in [0.2, 0.25) is 0 Å². The number of rotatable bonds is 14. The van der Waals surface area contributed by atoms with Crippen LogP contribution >= 0.6 is 23.2 Å². The smallest absolute Gasteiger partial charge is 0.508 e. The number of methoxy groups -OCH3 is 2. The van der Waals surface area contributed by atoms with E-state index in [2.05, 4.69) is 24.1 Å². The highest BCUT2D eigenvalue weighted by Gasteiger charge is 2.48. The average Bonchev–Trinajstić information content (AvgIpc) is 2.95. The number of halogens is 5. The van der Waals surface area contributed by atoms with Gasteiger partial charge in [-0.3, -0.25) is 9.59 Å². The number of phenols is 1. The fourth-order valence-electron chi connectivity index (χ4n) is 3.11. The van der Waals surface area contributed by atoms with Gasteiger partial charge in [0.05, 0.1) is 26.6 Å². The highest BCUT2D eigenvalue weighted by Crippen LogP contribution is 2.30. The van der Waals surface area contributed by atoms with Crippen molar-refractivity contribution < 1.29 is 59.5 Å². The Morgan fingerprint density at radius 2 is 1.35 bits per heavy atom. The van der Waals surface area contributed by atoms with E-state index < -0.39 is 45.4 Å². The summed E-state index contributed by atoms with van der Waals surface area (Å²) in [6.45, 7) is 0. The number of hydrogen-bond donors (Lipinski definition) is 3. The minimum atomic E-state index is -5.85. The molecule has 0 aromatic heterocycles. The number of carbonyl (C=O) groups excluding carboxylic acids is 4. The van der Waals surface area contributed by atoms with Crippen LogP contribution in [-0.2, 0) is 51.6 Å². The van der Waals surface area contributed by atoms with Crippen molar-refractivity contribution in [3.63, 3.8) is 0 Å². The molecule has 0 heterocycles. The minimum absolute atomic E-state index is 0.0403. The van der Waals surface area contributed by atoms with Gasteiger partial charge in [-0.1, -0.05) is 23.2 Å². The van der Waals surface area contributed by atoms with E-state index in [4.69, 9.17) is 23.2 Å². The van der Waals surface area contributed by atoms with Crippen LogP contribution in [-0.4, -0.2) is 84.5 Å². The molecule has 0 aliphatic rings. The Kier molecular flexibility index (Phi) is 15.5. The summed E-state index contributed by atoms with van der Waals surface area (Å²) in [6, 6.07) is 5.59. The molecule has 2 aromatic rings. The highest BCUT2D eigenvalue weighted by molar-refractivity contribution is 7.88. The van der Waals surface area contributed by atoms with Crippen LogP contribution in [0.4, 0.5) is 13.2 Å². The number of aromatic hydroxyl groups is 1. The van der Waals surface area contributed by atoms with Crippen molar-refractivity contribution in [1.29, 1.82) is 0 Å². The van der Waals surface area contributed by atoms with Crippen LogP contribution in [0.25, 0.3) is 0 Å². The van der Waals surface area contributed by atoms with Crippen LogP contribution < -0.4 is 14.6 Å². The molecule has 20 heteroatoms. The molecule has 0 aliphatic heterocycles. The zero-order valence-corrected chi connectivity index (χ0v) is 24.6. The van der Waals surface area contributed by atoms with Gasteiger partial charge in [0.15, 0.2) is 0 Å². The Labute approximate surface area is 255 Å². The van der Waals surface area contributed by atoms with E-state index in [1.54, 1.807) is 0 Å². The number of hydrogen-bond acceptors (Lipinski definition) is 12. The molecule has 0 bridgehead atoms. The molecule has 43 heavy (non-hydrogen) atoms. The van der Waals surface area contributed by atoms with Crippen LogP contribution in [0.5, 0.6) is 11.5 Å². The summed E-state index contributed by atoms with van der Waals surface area (Å²) in [5.41, 5.74) is -4.92. The van der Waals surface area contributed by atoms with E-state index in [0.29, 0.717) is 23.0 Å². The summed E-state index contributed by atoms with van der Waals surface area (Å²) in [6.07, 6.45) is 0.885. The Hall–Kier alpha value is -3.31. The largest absolute Gasteiger partial charge is 0.534 e. The summed E-state index contributed by atoms with van der Waals surface area (Å²) in [5, 5.41) is 14.9. The SMILES string of the molecule is COC(=O)[C@H](Cc1cc(O)ccc1Cl)N[B]C=O.COC(=O)[C@H](Cc1cc(OS(=O)(=O)C(F)(F)F)ccc1Cl)N[B]C=O. The summed E-state index contributed by atoms with van der Waals surface area (Å²) >= 11 is 11.8. The molecular formula is C23H23B2Cl2F3N2O10S. The fraction of sp³-hybridized carbons (Fsp3) is 0.304. The van der Waals surface area contributed by atoms with Crippen LogP contribution in [0.2, 0.25) is 10.0 Å². The van der Waals surface area contributed by atoms with Gasteiger partial charge in [-0.15, -0.1) is 0 Å². The molecule has 0 unspecified atom stereocenters. The topological polar surface area (TPSA) is 174 Å². The van der Waals surface area contributed by atoms with Crippen molar-refractivity contribution in [2.75, 3.05) is 14.2 Å². The van der Waals surface area contributed by atoms with Crippen molar-refractivity contribution in [2.45, 2.75) is 30.4 Å². The van der Waals surface area contributed by atoms with Crippen LogP contribution in [0.15, 0.2) is 36.4 Å². The minimum Gasteiger partial charge on any atom is -0.508 e. The summed E-state index contributed by atoms with van der Waals surface area (Å²) < 4.78 is 72.2. The molecule has 0 saturated heterocycles. The molecule has 0 spiro atoms. The van der Waals surface area contributed by atoms with E-state index in [1.807, 2.05) is 0 Å². The number of nitrogens with one attached hydrogen (secondary N) is 2. The van der Waals surface area contributed by atoms with Gasteiger partial charge < -0.3 is 38.8 Å². The lowest BCUT2D eigenvalue weighted by atomic mass is 9.94. The average molecular weight is 669 g/mol. The molecule has 12 nitrogen and oxygen atoms in total. The predicted molar refractivity (Wildman–Crippen MR) is 150 cm³/mol. The van der Waals surface area contributed by atoms with Crippen molar-refractivity contribution in [3.8, 4) is 11.5 Å².